The Hall–Kier alpha value is -1.15. The Labute approximate surface area is 105 Å². The van der Waals surface area contributed by atoms with Gasteiger partial charge in [-0.2, -0.15) is 0 Å². The van der Waals surface area contributed by atoms with E-state index in [1.165, 1.54) is 5.56 Å². The molecular weight excluding hydrogens is 210 g/mol. The fourth-order valence-corrected chi connectivity index (χ4v) is 1.70. The Kier molecular flexibility index (Phi) is 5.36. The van der Waals surface area contributed by atoms with Gasteiger partial charge >= 0.3 is 0 Å². The van der Waals surface area contributed by atoms with Crippen molar-refractivity contribution in [2.24, 2.45) is 0 Å². The lowest BCUT2D eigenvalue weighted by atomic mass is 9.96. The Balaban J connectivity index is 2.64. The first-order chi connectivity index (χ1) is 8.04. The zero-order chi connectivity index (χ0) is 12.8. The van der Waals surface area contributed by atoms with Gasteiger partial charge in [0.05, 0.1) is 0 Å². The van der Waals surface area contributed by atoms with Crippen molar-refractivity contribution in [1.29, 1.82) is 0 Å². The molecule has 0 spiro atoms. The molecule has 0 aliphatic carbocycles. The maximum Gasteiger partial charge on any atom is 0.164 e. The summed E-state index contributed by atoms with van der Waals surface area (Å²) in [4.78, 5) is 13.9. The molecule has 0 aliphatic rings. The minimum Gasteiger partial charge on any atom is -0.309 e. The second-order valence-corrected chi connectivity index (χ2v) is 4.91. The van der Waals surface area contributed by atoms with Crippen LogP contribution in [0, 0.1) is 0 Å². The molecular formula is C15H23NO. The largest absolute Gasteiger partial charge is 0.309 e. The van der Waals surface area contributed by atoms with Gasteiger partial charge in [-0.05, 0) is 32.0 Å². The molecule has 1 rings (SSSR count). The monoisotopic (exact) mass is 233 g/mol. The van der Waals surface area contributed by atoms with Crippen LogP contribution in [0.1, 0.15) is 48.5 Å². The van der Waals surface area contributed by atoms with Gasteiger partial charge in [-0.1, -0.05) is 38.1 Å². The fourth-order valence-electron chi connectivity index (χ4n) is 1.70. The fraction of sp³-hybridized carbons (Fsp3) is 0.533. The third-order valence-corrected chi connectivity index (χ3v) is 3.20. The van der Waals surface area contributed by atoms with Gasteiger partial charge in [-0.15, -0.1) is 0 Å². The number of Topliss-reactive ketones (excluding diaryl/α,β-unsaturated/α-hetero) is 1. The first kappa shape index (κ1) is 13.9. The maximum atomic E-state index is 11.9. The van der Waals surface area contributed by atoms with Crippen molar-refractivity contribution in [2.75, 3.05) is 20.6 Å². The van der Waals surface area contributed by atoms with E-state index in [-0.39, 0.29) is 5.78 Å². The Morgan fingerprint density at radius 3 is 2.29 bits per heavy atom. The molecule has 1 atom stereocenters. The highest BCUT2D eigenvalue weighted by molar-refractivity contribution is 5.96. The molecule has 0 amide bonds. The Bertz CT molecular complexity index is 354. The summed E-state index contributed by atoms with van der Waals surface area (Å²) in [5, 5.41) is 0. The summed E-state index contributed by atoms with van der Waals surface area (Å²) in [5.41, 5.74) is 2.15. The smallest absolute Gasteiger partial charge is 0.164 e. The average Bonchev–Trinajstić information content (AvgIpc) is 2.35. The number of hydrogen-bond acceptors (Lipinski definition) is 2. The van der Waals surface area contributed by atoms with Gasteiger partial charge in [0.15, 0.2) is 5.78 Å². The molecule has 1 aromatic rings. The third kappa shape index (κ3) is 4.31. The summed E-state index contributed by atoms with van der Waals surface area (Å²) in [7, 11) is 3.97. The van der Waals surface area contributed by atoms with Gasteiger partial charge < -0.3 is 4.90 Å². The first-order valence-corrected chi connectivity index (χ1v) is 6.32. The highest BCUT2D eigenvalue weighted by Gasteiger charge is 2.07. The third-order valence-electron chi connectivity index (χ3n) is 3.20. The lowest BCUT2D eigenvalue weighted by Crippen LogP contribution is -2.16. The number of hydrogen-bond donors (Lipinski definition) is 0. The highest BCUT2D eigenvalue weighted by atomic mass is 16.1. The molecule has 0 aromatic heterocycles. The molecule has 17 heavy (non-hydrogen) atoms. The summed E-state index contributed by atoms with van der Waals surface area (Å²) >= 11 is 0. The molecule has 0 saturated heterocycles. The molecule has 0 aliphatic heterocycles. The molecule has 1 aromatic carbocycles. The van der Waals surface area contributed by atoms with Crippen molar-refractivity contribution in [3.05, 3.63) is 35.4 Å². The number of benzene rings is 1. The van der Waals surface area contributed by atoms with Gasteiger partial charge in [-0.25, -0.2) is 0 Å². The molecule has 0 radical (unpaired) electrons. The lowest BCUT2D eigenvalue weighted by Gasteiger charge is -2.10. The van der Waals surface area contributed by atoms with Gasteiger partial charge in [0.2, 0.25) is 0 Å². The highest BCUT2D eigenvalue weighted by Crippen LogP contribution is 2.19. The van der Waals surface area contributed by atoms with Gasteiger partial charge in [0.1, 0.15) is 0 Å². The SMILES string of the molecule is CCC(C)c1ccc(C(=O)CCN(C)C)cc1. The molecule has 2 heteroatoms. The molecule has 1 unspecified atom stereocenters. The van der Waals surface area contributed by atoms with Crippen molar-refractivity contribution < 1.29 is 4.79 Å². The summed E-state index contributed by atoms with van der Waals surface area (Å²) in [6.45, 7) is 5.20. The molecule has 94 valence electrons. The minimum absolute atomic E-state index is 0.231. The van der Waals surface area contributed by atoms with E-state index >= 15 is 0 Å². The van der Waals surface area contributed by atoms with Crippen LogP contribution in [0.15, 0.2) is 24.3 Å². The second kappa shape index (κ2) is 6.55. The van der Waals surface area contributed by atoms with E-state index in [9.17, 15) is 4.79 Å². The van der Waals surface area contributed by atoms with E-state index < -0.39 is 0 Å². The Morgan fingerprint density at radius 1 is 1.24 bits per heavy atom. The molecule has 2 nitrogen and oxygen atoms in total. The predicted octanol–water partition coefficient (Wildman–Crippen LogP) is 3.33. The van der Waals surface area contributed by atoms with E-state index in [0.29, 0.717) is 12.3 Å². The summed E-state index contributed by atoms with van der Waals surface area (Å²) in [6.07, 6.45) is 1.73. The zero-order valence-corrected chi connectivity index (χ0v) is 11.4. The summed E-state index contributed by atoms with van der Waals surface area (Å²) in [5.74, 6) is 0.801. The maximum absolute atomic E-state index is 11.9. The summed E-state index contributed by atoms with van der Waals surface area (Å²) < 4.78 is 0. The van der Waals surface area contributed by atoms with E-state index in [1.54, 1.807) is 0 Å². The quantitative estimate of drug-likeness (QED) is 0.702. The van der Waals surface area contributed by atoms with Crippen LogP contribution in [0.5, 0.6) is 0 Å². The van der Waals surface area contributed by atoms with Gasteiger partial charge in [-0.3, -0.25) is 4.79 Å². The normalized spacial score (nSPS) is 12.8. The van der Waals surface area contributed by atoms with Crippen LogP contribution in [0.25, 0.3) is 0 Å². The average molecular weight is 233 g/mol. The van der Waals surface area contributed by atoms with Crippen LogP contribution in [-0.2, 0) is 0 Å². The number of carbonyl (C=O) groups is 1. The van der Waals surface area contributed by atoms with Crippen LogP contribution in [0.3, 0.4) is 0 Å². The van der Waals surface area contributed by atoms with Crippen molar-refractivity contribution in [2.45, 2.75) is 32.6 Å². The molecule has 0 saturated carbocycles. The zero-order valence-electron chi connectivity index (χ0n) is 11.4. The number of carbonyl (C=O) groups excluding carboxylic acids is 1. The van der Waals surface area contributed by atoms with Crippen LogP contribution in [-0.4, -0.2) is 31.3 Å². The molecule has 0 fully saturated rings. The molecule has 0 bridgehead atoms. The van der Waals surface area contributed by atoms with E-state index in [0.717, 1.165) is 18.5 Å². The van der Waals surface area contributed by atoms with Crippen molar-refractivity contribution in [1.82, 2.24) is 4.90 Å². The first-order valence-electron chi connectivity index (χ1n) is 6.32. The van der Waals surface area contributed by atoms with Crippen LogP contribution < -0.4 is 0 Å². The van der Waals surface area contributed by atoms with Crippen LogP contribution in [0.4, 0.5) is 0 Å². The minimum atomic E-state index is 0.231. The summed E-state index contributed by atoms with van der Waals surface area (Å²) in [6, 6.07) is 8.08. The standard InChI is InChI=1S/C15H23NO/c1-5-12(2)13-6-8-14(9-7-13)15(17)10-11-16(3)4/h6-9,12H,5,10-11H2,1-4H3. The van der Waals surface area contributed by atoms with Crippen molar-refractivity contribution in [3.8, 4) is 0 Å². The van der Waals surface area contributed by atoms with E-state index in [2.05, 4.69) is 26.0 Å². The lowest BCUT2D eigenvalue weighted by molar-refractivity contribution is 0.0972. The second-order valence-electron chi connectivity index (χ2n) is 4.91. The van der Waals surface area contributed by atoms with E-state index in [4.69, 9.17) is 0 Å². The van der Waals surface area contributed by atoms with Crippen molar-refractivity contribution >= 4 is 5.78 Å². The molecule has 0 N–H and O–H groups in total. The van der Waals surface area contributed by atoms with Crippen LogP contribution in [0.2, 0.25) is 0 Å². The molecule has 0 heterocycles. The number of rotatable bonds is 6. The number of ketones is 1. The van der Waals surface area contributed by atoms with Crippen LogP contribution >= 0.6 is 0 Å². The van der Waals surface area contributed by atoms with Crippen molar-refractivity contribution in [3.63, 3.8) is 0 Å². The topological polar surface area (TPSA) is 20.3 Å². The van der Waals surface area contributed by atoms with E-state index in [1.807, 2.05) is 31.1 Å². The van der Waals surface area contributed by atoms with Gasteiger partial charge in [0.25, 0.3) is 0 Å². The number of nitrogens with zero attached hydrogens (tertiary/aromatic N) is 1. The Morgan fingerprint density at radius 2 is 1.82 bits per heavy atom. The predicted molar refractivity (Wildman–Crippen MR) is 72.6 cm³/mol. The van der Waals surface area contributed by atoms with Gasteiger partial charge in [0, 0.05) is 18.5 Å².